The minimum absolute atomic E-state index is 0.552. The standard InChI is InChI=1S/C8H12N2O.C2H6/c1-6-9-10-8(11-6)7-4-2-3-5-7;1-2/h7H,2-5H2,1H3;1-2H3. The summed E-state index contributed by atoms with van der Waals surface area (Å²) in [7, 11) is 0. The summed E-state index contributed by atoms with van der Waals surface area (Å²) >= 11 is 0. The fourth-order valence-corrected chi connectivity index (χ4v) is 1.65. The van der Waals surface area contributed by atoms with Crippen molar-refractivity contribution in [3.05, 3.63) is 11.8 Å². The molecule has 3 nitrogen and oxygen atoms in total. The van der Waals surface area contributed by atoms with Crippen molar-refractivity contribution >= 4 is 0 Å². The van der Waals surface area contributed by atoms with Gasteiger partial charge >= 0.3 is 0 Å². The maximum absolute atomic E-state index is 5.35. The molecule has 3 heteroatoms. The Balaban J connectivity index is 0.000000396. The molecule has 1 aliphatic carbocycles. The van der Waals surface area contributed by atoms with E-state index in [0.29, 0.717) is 11.8 Å². The Labute approximate surface area is 79.6 Å². The molecule has 1 aliphatic rings. The fraction of sp³-hybridized carbons (Fsp3) is 0.800. The number of nitrogens with zero attached hydrogens (tertiary/aromatic N) is 2. The Morgan fingerprint density at radius 3 is 2.23 bits per heavy atom. The lowest BCUT2D eigenvalue weighted by molar-refractivity contribution is 0.429. The van der Waals surface area contributed by atoms with Crippen LogP contribution in [0.5, 0.6) is 0 Å². The second-order valence-corrected chi connectivity index (χ2v) is 3.14. The Morgan fingerprint density at radius 2 is 1.77 bits per heavy atom. The van der Waals surface area contributed by atoms with Crippen LogP contribution in [0, 0.1) is 6.92 Å². The van der Waals surface area contributed by atoms with E-state index in [4.69, 9.17) is 4.42 Å². The van der Waals surface area contributed by atoms with Crippen molar-refractivity contribution in [2.45, 2.75) is 52.4 Å². The Morgan fingerprint density at radius 1 is 1.15 bits per heavy atom. The molecule has 0 unspecified atom stereocenters. The van der Waals surface area contributed by atoms with Gasteiger partial charge in [-0.2, -0.15) is 0 Å². The van der Waals surface area contributed by atoms with Gasteiger partial charge in [0, 0.05) is 12.8 Å². The van der Waals surface area contributed by atoms with Crippen molar-refractivity contribution in [3.8, 4) is 0 Å². The molecule has 2 rings (SSSR count). The third-order valence-electron chi connectivity index (χ3n) is 2.25. The topological polar surface area (TPSA) is 38.9 Å². The van der Waals surface area contributed by atoms with Crippen LogP contribution in [-0.2, 0) is 0 Å². The lowest BCUT2D eigenvalue weighted by Crippen LogP contribution is -1.91. The predicted octanol–water partition coefficient (Wildman–Crippen LogP) is 3.06. The molecule has 0 bridgehead atoms. The molecule has 0 N–H and O–H groups in total. The van der Waals surface area contributed by atoms with Gasteiger partial charge in [-0.05, 0) is 12.8 Å². The molecule has 1 fully saturated rings. The summed E-state index contributed by atoms with van der Waals surface area (Å²) < 4.78 is 5.35. The number of hydrogen-bond acceptors (Lipinski definition) is 3. The van der Waals surface area contributed by atoms with Crippen LogP contribution >= 0.6 is 0 Å². The van der Waals surface area contributed by atoms with E-state index in [9.17, 15) is 0 Å². The SMILES string of the molecule is CC.Cc1nnc(C2CCCC2)o1. The maximum atomic E-state index is 5.35. The van der Waals surface area contributed by atoms with Crippen molar-refractivity contribution in [3.63, 3.8) is 0 Å². The van der Waals surface area contributed by atoms with E-state index >= 15 is 0 Å². The summed E-state index contributed by atoms with van der Waals surface area (Å²) in [6, 6.07) is 0. The summed E-state index contributed by atoms with van der Waals surface area (Å²) in [6.07, 6.45) is 5.07. The van der Waals surface area contributed by atoms with Crippen molar-refractivity contribution in [1.82, 2.24) is 10.2 Å². The van der Waals surface area contributed by atoms with Gasteiger partial charge in [-0.25, -0.2) is 0 Å². The van der Waals surface area contributed by atoms with E-state index in [0.717, 1.165) is 5.89 Å². The zero-order valence-electron chi connectivity index (χ0n) is 8.71. The zero-order chi connectivity index (χ0) is 9.68. The van der Waals surface area contributed by atoms with E-state index < -0.39 is 0 Å². The molecule has 0 aliphatic heterocycles. The first-order chi connectivity index (χ1) is 6.36. The average molecular weight is 182 g/mol. The highest BCUT2D eigenvalue weighted by Gasteiger charge is 2.21. The van der Waals surface area contributed by atoms with Gasteiger partial charge in [0.25, 0.3) is 0 Å². The Kier molecular flexibility index (Phi) is 3.93. The highest BCUT2D eigenvalue weighted by molar-refractivity contribution is 4.93. The van der Waals surface area contributed by atoms with Gasteiger partial charge in [-0.1, -0.05) is 26.7 Å². The third kappa shape index (κ3) is 2.54. The normalized spacial score (nSPS) is 16.8. The van der Waals surface area contributed by atoms with Crippen LogP contribution in [0.25, 0.3) is 0 Å². The van der Waals surface area contributed by atoms with E-state index in [1.54, 1.807) is 0 Å². The molecule has 0 radical (unpaired) electrons. The highest BCUT2D eigenvalue weighted by atomic mass is 16.4. The van der Waals surface area contributed by atoms with Crippen LogP contribution in [-0.4, -0.2) is 10.2 Å². The molecule has 0 aromatic carbocycles. The van der Waals surface area contributed by atoms with Crippen LogP contribution in [0.4, 0.5) is 0 Å². The molecule has 1 saturated carbocycles. The van der Waals surface area contributed by atoms with Crippen LogP contribution in [0.1, 0.15) is 57.2 Å². The Hall–Kier alpha value is -0.860. The van der Waals surface area contributed by atoms with Crippen LogP contribution < -0.4 is 0 Å². The number of rotatable bonds is 1. The van der Waals surface area contributed by atoms with Crippen LogP contribution in [0.15, 0.2) is 4.42 Å². The molecule has 0 spiro atoms. The average Bonchev–Trinajstić information content (AvgIpc) is 2.77. The van der Waals surface area contributed by atoms with E-state index in [1.807, 2.05) is 20.8 Å². The minimum atomic E-state index is 0.552. The molecule has 0 atom stereocenters. The summed E-state index contributed by atoms with van der Waals surface area (Å²) in [6.45, 7) is 5.84. The molecule has 74 valence electrons. The molecular weight excluding hydrogens is 164 g/mol. The first-order valence-corrected chi connectivity index (χ1v) is 5.16. The summed E-state index contributed by atoms with van der Waals surface area (Å²) in [4.78, 5) is 0. The summed E-state index contributed by atoms with van der Waals surface area (Å²) in [5.74, 6) is 2.09. The summed E-state index contributed by atoms with van der Waals surface area (Å²) in [5.41, 5.74) is 0. The predicted molar refractivity (Wildman–Crippen MR) is 51.6 cm³/mol. The smallest absolute Gasteiger partial charge is 0.219 e. The van der Waals surface area contributed by atoms with Gasteiger partial charge in [0.05, 0.1) is 0 Å². The quantitative estimate of drug-likeness (QED) is 0.670. The molecule has 1 aromatic heterocycles. The zero-order valence-corrected chi connectivity index (χ0v) is 8.71. The van der Waals surface area contributed by atoms with Crippen molar-refractivity contribution in [2.75, 3.05) is 0 Å². The van der Waals surface area contributed by atoms with Crippen molar-refractivity contribution in [2.24, 2.45) is 0 Å². The van der Waals surface area contributed by atoms with Gasteiger partial charge < -0.3 is 4.42 Å². The fourth-order valence-electron chi connectivity index (χ4n) is 1.65. The van der Waals surface area contributed by atoms with Gasteiger partial charge in [0.15, 0.2) is 0 Å². The number of hydrogen-bond donors (Lipinski definition) is 0. The molecule has 0 saturated heterocycles. The monoisotopic (exact) mass is 182 g/mol. The molecule has 1 aromatic rings. The lowest BCUT2D eigenvalue weighted by atomic mass is 10.1. The van der Waals surface area contributed by atoms with E-state index in [-0.39, 0.29) is 0 Å². The van der Waals surface area contributed by atoms with E-state index in [1.165, 1.54) is 25.7 Å². The minimum Gasteiger partial charge on any atom is -0.425 e. The van der Waals surface area contributed by atoms with Gasteiger partial charge in [-0.3, -0.25) is 0 Å². The molecule has 1 heterocycles. The highest BCUT2D eigenvalue weighted by Crippen LogP contribution is 2.32. The first-order valence-electron chi connectivity index (χ1n) is 5.16. The van der Waals surface area contributed by atoms with Crippen molar-refractivity contribution < 1.29 is 4.42 Å². The van der Waals surface area contributed by atoms with Crippen LogP contribution in [0.3, 0.4) is 0 Å². The van der Waals surface area contributed by atoms with Crippen LogP contribution in [0.2, 0.25) is 0 Å². The Bertz CT molecular complexity index is 239. The second kappa shape index (κ2) is 5.00. The first kappa shape index (κ1) is 10.2. The van der Waals surface area contributed by atoms with Gasteiger partial charge in [0.2, 0.25) is 11.8 Å². The van der Waals surface area contributed by atoms with E-state index in [2.05, 4.69) is 10.2 Å². The largest absolute Gasteiger partial charge is 0.425 e. The third-order valence-corrected chi connectivity index (χ3v) is 2.25. The second-order valence-electron chi connectivity index (χ2n) is 3.14. The molecular formula is C10H18N2O. The lowest BCUT2D eigenvalue weighted by Gasteiger charge is -1.99. The van der Waals surface area contributed by atoms with Gasteiger partial charge in [0.1, 0.15) is 0 Å². The number of aromatic nitrogens is 2. The van der Waals surface area contributed by atoms with Gasteiger partial charge in [-0.15, -0.1) is 10.2 Å². The maximum Gasteiger partial charge on any atom is 0.219 e. The molecule has 0 amide bonds. The number of aryl methyl sites for hydroxylation is 1. The van der Waals surface area contributed by atoms with Crippen molar-refractivity contribution in [1.29, 1.82) is 0 Å². The summed E-state index contributed by atoms with van der Waals surface area (Å²) in [5, 5.41) is 7.83. The molecule has 13 heavy (non-hydrogen) atoms.